The number of aromatic nitrogens is 1. The highest BCUT2D eigenvalue weighted by atomic mass is 16.5. The van der Waals surface area contributed by atoms with Crippen molar-refractivity contribution in [1.82, 2.24) is 15.2 Å². The number of ether oxygens (including phenoxy) is 1. The summed E-state index contributed by atoms with van der Waals surface area (Å²) in [7, 11) is 0. The molecular formula is C23H35N3O3. The first kappa shape index (κ1) is 23.1. The smallest absolute Gasteiger partial charge is 0.252 e. The van der Waals surface area contributed by atoms with Crippen LogP contribution in [0.4, 0.5) is 0 Å². The lowest BCUT2D eigenvalue weighted by Gasteiger charge is -2.33. The Morgan fingerprint density at radius 1 is 1.45 bits per heavy atom. The molecule has 2 heterocycles. The van der Waals surface area contributed by atoms with Gasteiger partial charge in [-0.15, -0.1) is 0 Å². The molecule has 1 fully saturated rings. The van der Waals surface area contributed by atoms with Gasteiger partial charge in [-0.25, -0.2) is 0 Å². The van der Waals surface area contributed by atoms with Gasteiger partial charge in [-0.1, -0.05) is 18.7 Å². The monoisotopic (exact) mass is 401 g/mol. The maximum absolute atomic E-state index is 12.2. The van der Waals surface area contributed by atoms with Crippen molar-refractivity contribution in [1.29, 1.82) is 0 Å². The number of hydrogen-bond donors (Lipinski definition) is 3. The fraction of sp³-hybridized carbons (Fsp3) is 0.522. The Bertz CT molecular complexity index is 804. The van der Waals surface area contributed by atoms with Gasteiger partial charge >= 0.3 is 0 Å². The molecule has 0 bridgehead atoms. The van der Waals surface area contributed by atoms with Gasteiger partial charge in [0.15, 0.2) is 0 Å². The van der Waals surface area contributed by atoms with Crippen LogP contribution in [0.25, 0.3) is 0 Å². The minimum Gasteiger partial charge on any atom is -0.381 e. The topological polar surface area (TPSA) is 77.6 Å². The van der Waals surface area contributed by atoms with Crippen LogP contribution >= 0.6 is 0 Å². The minimum atomic E-state index is -0.905. The van der Waals surface area contributed by atoms with Crippen molar-refractivity contribution in [3.63, 3.8) is 0 Å². The third kappa shape index (κ3) is 6.42. The average molecular weight is 402 g/mol. The molecule has 1 aliphatic heterocycles. The zero-order valence-electron chi connectivity index (χ0n) is 18.1. The number of aryl methyl sites for hydroxylation is 2. The Morgan fingerprint density at radius 3 is 2.72 bits per heavy atom. The molecule has 29 heavy (non-hydrogen) atoms. The lowest BCUT2D eigenvalue weighted by molar-refractivity contribution is 0.0505. The highest BCUT2D eigenvalue weighted by Gasteiger charge is 2.20. The van der Waals surface area contributed by atoms with Crippen molar-refractivity contribution in [2.75, 3.05) is 19.8 Å². The fourth-order valence-corrected chi connectivity index (χ4v) is 3.77. The van der Waals surface area contributed by atoms with E-state index in [9.17, 15) is 9.90 Å². The summed E-state index contributed by atoms with van der Waals surface area (Å²) in [6.45, 7) is 14.4. The summed E-state index contributed by atoms with van der Waals surface area (Å²) >= 11 is 0. The number of pyridine rings is 1. The molecule has 0 amide bonds. The molecule has 6 heteroatoms. The van der Waals surface area contributed by atoms with Crippen LogP contribution in [0.15, 0.2) is 46.9 Å². The lowest BCUT2D eigenvalue weighted by Crippen LogP contribution is -2.37. The molecule has 1 aromatic rings. The van der Waals surface area contributed by atoms with E-state index in [-0.39, 0.29) is 12.1 Å². The van der Waals surface area contributed by atoms with Gasteiger partial charge in [0, 0.05) is 49.8 Å². The number of aliphatic hydroxyl groups excluding tert-OH is 1. The van der Waals surface area contributed by atoms with Gasteiger partial charge in [0.2, 0.25) is 0 Å². The number of hydrogen-bond acceptors (Lipinski definition) is 5. The molecule has 2 rings (SSSR count). The number of allylic oxidation sites excluding steroid dienone is 2. The second-order valence-corrected chi connectivity index (χ2v) is 7.57. The number of aliphatic hydroxyl groups is 1. The molecule has 6 nitrogen and oxygen atoms in total. The van der Waals surface area contributed by atoms with Gasteiger partial charge in [0.1, 0.15) is 6.23 Å². The van der Waals surface area contributed by atoms with Crippen molar-refractivity contribution in [2.45, 2.75) is 59.4 Å². The zero-order chi connectivity index (χ0) is 21.4. The van der Waals surface area contributed by atoms with E-state index < -0.39 is 6.23 Å². The van der Waals surface area contributed by atoms with Gasteiger partial charge in [0.05, 0.1) is 0 Å². The maximum Gasteiger partial charge on any atom is 0.252 e. The van der Waals surface area contributed by atoms with Crippen LogP contribution in [0, 0.1) is 13.8 Å². The molecule has 1 unspecified atom stereocenters. The first-order chi connectivity index (χ1) is 13.9. The van der Waals surface area contributed by atoms with Gasteiger partial charge in [0.25, 0.3) is 5.56 Å². The maximum atomic E-state index is 12.2. The van der Waals surface area contributed by atoms with E-state index in [2.05, 4.69) is 34.9 Å². The number of nitrogens with one attached hydrogen (secondary N) is 2. The molecule has 1 saturated heterocycles. The van der Waals surface area contributed by atoms with Crippen molar-refractivity contribution in [3.8, 4) is 0 Å². The highest BCUT2D eigenvalue weighted by Crippen LogP contribution is 2.20. The standard InChI is InChI=1S/C23H35N3O3/c1-6-8-20(17(4)15-26(7-2)19-9-11-29-12-10-19)22(27)24-14-21-16(3)13-18(5)25-23(21)28/h6,8,13,15,19,22,24,27H,1,7,9-12,14H2,2-5H3,(H,25,28)/b17-15+,20-8+. The van der Waals surface area contributed by atoms with Crippen molar-refractivity contribution >= 4 is 0 Å². The third-order valence-electron chi connectivity index (χ3n) is 5.40. The van der Waals surface area contributed by atoms with E-state index in [4.69, 9.17) is 4.74 Å². The van der Waals surface area contributed by atoms with E-state index in [1.807, 2.05) is 32.9 Å². The molecule has 0 spiro atoms. The van der Waals surface area contributed by atoms with Crippen molar-refractivity contribution < 1.29 is 9.84 Å². The Kier molecular flexibility index (Phi) is 8.89. The van der Waals surface area contributed by atoms with Crippen LogP contribution in [0.5, 0.6) is 0 Å². The van der Waals surface area contributed by atoms with E-state index in [1.165, 1.54) is 0 Å². The van der Waals surface area contributed by atoms with Gasteiger partial charge in [-0.3, -0.25) is 10.1 Å². The van der Waals surface area contributed by atoms with Crippen molar-refractivity contribution in [2.24, 2.45) is 0 Å². The summed E-state index contributed by atoms with van der Waals surface area (Å²) in [5, 5.41) is 13.9. The Labute approximate surface area is 174 Å². The average Bonchev–Trinajstić information content (AvgIpc) is 2.69. The van der Waals surface area contributed by atoms with Gasteiger partial charge < -0.3 is 19.7 Å². The summed E-state index contributed by atoms with van der Waals surface area (Å²) in [6, 6.07) is 2.39. The van der Waals surface area contributed by atoms with Crippen LogP contribution in [0.1, 0.15) is 43.5 Å². The molecular weight excluding hydrogens is 366 g/mol. The van der Waals surface area contributed by atoms with E-state index in [1.54, 1.807) is 6.08 Å². The largest absolute Gasteiger partial charge is 0.381 e. The predicted octanol–water partition coefficient (Wildman–Crippen LogP) is 2.92. The molecule has 0 aromatic carbocycles. The Hall–Kier alpha value is -2.15. The second kappa shape index (κ2) is 11.1. The SMILES string of the molecule is C=C/C=C(\C(C)=C\N(CC)C1CCOCC1)C(O)NCc1c(C)cc(C)[nH]c1=O. The summed E-state index contributed by atoms with van der Waals surface area (Å²) in [4.78, 5) is 17.4. The highest BCUT2D eigenvalue weighted by molar-refractivity contribution is 5.35. The van der Waals surface area contributed by atoms with E-state index >= 15 is 0 Å². The van der Waals surface area contributed by atoms with Crippen LogP contribution in [-0.2, 0) is 11.3 Å². The van der Waals surface area contributed by atoms with Crippen LogP contribution in [0.3, 0.4) is 0 Å². The fourth-order valence-electron chi connectivity index (χ4n) is 3.77. The third-order valence-corrected chi connectivity index (χ3v) is 5.40. The molecule has 1 aliphatic rings. The number of H-pyrrole nitrogens is 1. The molecule has 1 atom stereocenters. The molecule has 0 saturated carbocycles. The molecule has 3 N–H and O–H groups in total. The van der Waals surface area contributed by atoms with Crippen LogP contribution in [0.2, 0.25) is 0 Å². The van der Waals surface area contributed by atoms with Crippen molar-refractivity contribution in [3.05, 3.63) is 69.3 Å². The minimum absolute atomic E-state index is 0.125. The second-order valence-electron chi connectivity index (χ2n) is 7.57. The zero-order valence-corrected chi connectivity index (χ0v) is 18.1. The van der Waals surface area contributed by atoms with Crippen LogP contribution in [-0.4, -0.2) is 47.0 Å². The first-order valence-electron chi connectivity index (χ1n) is 10.3. The molecule has 0 aliphatic carbocycles. The van der Waals surface area contributed by atoms with Gasteiger partial charge in [-0.2, -0.15) is 0 Å². The molecule has 0 radical (unpaired) electrons. The summed E-state index contributed by atoms with van der Waals surface area (Å²) in [5.41, 5.74) is 3.95. The lowest BCUT2D eigenvalue weighted by atomic mass is 10.0. The quantitative estimate of drug-likeness (QED) is 0.438. The summed E-state index contributed by atoms with van der Waals surface area (Å²) in [6.07, 6.45) is 6.71. The summed E-state index contributed by atoms with van der Waals surface area (Å²) in [5.74, 6) is 0. The molecule has 160 valence electrons. The normalized spacial score (nSPS) is 17.3. The predicted molar refractivity (Wildman–Crippen MR) is 118 cm³/mol. The number of aromatic amines is 1. The number of nitrogens with zero attached hydrogens (tertiary/aromatic N) is 1. The van der Waals surface area contributed by atoms with E-state index in [0.29, 0.717) is 11.6 Å². The van der Waals surface area contributed by atoms with Gasteiger partial charge in [-0.05, 0) is 63.3 Å². The number of rotatable bonds is 9. The van der Waals surface area contributed by atoms with Crippen LogP contribution < -0.4 is 10.9 Å². The van der Waals surface area contributed by atoms with E-state index in [0.717, 1.165) is 55.0 Å². The molecule has 1 aromatic heterocycles. The Balaban J connectivity index is 2.14. The Morgan fingerprint density at radius 2 is 2.14 bits per heavy atom. The summed E-state index contributed by atoms with van der Waals surface area (Å²) < 4.78 is 5.47. The first-order valence-corrected chi connectivity index (χ1v) is 10.3.